The van der Waals surface area contributed by atoms with E-state index >= 15 is 0 Å². The van der Waals surface area contributed by atoms with Crippen molar-refractivity contribution in [3.8, 4) is 5.88 Å². The monoisotopic (exact) mass is 272 g/mol. The van der Waals surface area contributed by atoms with Gasteiger partial charge in [-0.2, -0.15) is 14.4 Å². The number of ether oxygens (including phenoxy) is 2. The van der Waals surface area contributed by atoms with Crippen LogP contribution in [0.2, 0.25) is 0 Å². The maximum atomic E-state index is 13.8. The van der Waals surface area contributed by atoms with E-state index in [2.05, 4.69) is 14.7 Å². The topological polar surface area (TPSA) is 116 Å². The Morgan fingerprint density at radius 2 is 2.26 bits per heavy atom. The van der Waals surface area contributed by atoms with E-state index < -0.39 is 19.4 Å². The van der Waals surface area contributed by atoms with Gasteiger partial charge >= 0.3 is 0 Å². The van der Waals surface area contributed by atoms with Crippen LogP contribution in [0.15, 0.2) is 12.3 Å². The predicted molar refractivity (Wildman–Crippen MR) is 62.8 cm³/mol. The molecule has 0 spiro atoms. The zero-order valence-corrected chi connectivity index (χ0v) is 10.0. The Kier molecular flexibility index (Phi) is 3.79. The third-order valence-corrected chi connectivity index (χ3v) is 2.39. The van der Waals surface area contributed by atoms with Gasteiger partial charge in [-0.15, -0.1) is 0 Å². The number of fused-ring (bicyclic) bond motifs is 1. The highest BCUT2D eigenvalue weighted by molar-refractivity contribution is 5.82. The van der Waals surface area contributed by atoms with Crippen LogP contribution in [0.4, 0.5) is 10.3 Å². The second-order valence-corrected chi connectivity index (χ2v) is 3.62. The summed E-state index contributed by atoms with van der Waals surface area (Å²) in [7, 11) is 1.40. The van der Waals surface area contributed by atoms with Crippen molar-refractivity contribution in [2.75, 3.05) is 19.5 Å². The second-order valence-electron chi connectivity index (χ2n) is 3.62. The number of rotatable bonds is 5. The van der Waals surface area contributed by atoms with Gasteiger partial charge in [0.15, 0.2) is 11.9 Å². The fourth-order valence-electron chi connectivity index (χ4n) is 1.58. The maximum Gasteiger partial charge on any atom is 0.286 e. The van der Waals surface area contributed by atoms with Crippen LogP contribution >= 0.6 is 0 Å². The number of methoxy groups -OCH3 is 1. The highest BCUT2D eigenvalue weighted by atomic mass is 19.1. The van der Waals surface area contributed by atoms with Crippen molar-refractivity contribution in [1.82, 2.24) is 14.5 Å². The molecule has 2 aromatic heterocycles. The summed E-state index contributed by atoms with van der Waals surface area (Å²) >= 11 is 0. The minimum Gasteiger partial charge on any atom is -0.480 e. The number of alkyl halides is 1. The summed E-state index contributed by atoms with van der Waals surface area (Å²) in [6.45, 7) is -2.75. The number of anilines is 1. The second kappa shape index (κ2) is 5.34. The first-order valence-corrected chi connectivity index (χ1v) is 5.33. The standard InChI is InChI=1S/C10H13FN4O4/c1-18-8-5-2-3-15(7(5)13-10(12)14-8)9(11)19-6(17)4-16/h2-3,6,9,16-17H,4H2,1H3,(H2,12,13,14). The minimum atomic E-state index is -2.03. The number of aliphatic hydroxyl groups excluding tert-OH is 2. The quantitative estimate of drug-likeness (QED) is 0.644. The Bertz CT molecular complexity index is 576. The van der Waals surface area contributed by atoms with Crippen molar-refractivity contribution >= 4 is 17.0 Å². The molecule has 2 unspecified atom stereocenters. The number of aromatic nitrogens is 3. The lowest BCUT2D eigenvalue weighted by molar-refractivity contribution is -0.220. The Hall–Kier alpha value is -1.97. The number of nitrogens with zero attached hydrogens (tertiary/aromatic N) is 3. The molecule has 0 aromatic carbocycles. The van der Waals surface area contributed by atoms with E-state index in [1.165, 1.54) is 19.4 Å². The van der Waals surface area contributed by atoms with Crippen LogP contribution < -0.4 is 10.5 Å². The van der Waals surface area contributed by atoms with E-state index in [4.69, 9.17) is 20.7 Å². The van der Waals surface area contributed by atoms with Crippen molar-refractivity contribution < 1.29 is 24.1 Å². The van der Waals surface area contributed by atoms with Crippen molar-refractivity contribution in [1.29, 1.82) is 0 Å². The van der Waals surface area contributed by atoms with Crippen LogP contribution in [0.5, 0.6) is 5.88 Å². The summed E-state index contributed by atoms with van der Waals surface area (Å²) < 4.78 is 24.4. The van der Waals surface area contributed by atoms with Gasteiger partial charge in [-0.25, -0.2) is 0 Å². The molecule has 104 valence electrons. The largest absolute Gasteiger partial charge is 0.480 e. The van der Waals surface area contributed by atoms with Crippen LogP contribution in [0.3, 0.4) is 0 Å². The lowest BCUT2D eigenvalue weighted by Gasteiger charge is -2.15. The van der Waals surface area contributed by atoms with Crippen molar-refractivity contribution in [3.05, 3.63) is 12.3 Å². The summed E-state index contributed by atoms with van der Waals surface area (Å²) in [5, 5.41) is 18.1. The molecule has 0 fully saturated rings. The molecule has 9 heteroatoms. The van der Waals surface area contributed by atoms with E-state index in [0.717, 1.165) is 4.57 Å². The zero-order chi connectivity index (χ0) is 14.0. The Labute approximate surface area is 107 Å². The van der Waals surface area contributed by atoms with Gasteiger partial charge in [0.05, 0.1) is 19.1 Å². The van der Waals surface area contributed by atoms with Crippen molar-refractivity contribution in [2.45, 2.75) is 12.8 Å². The molecule has 2 rings (SSSR count). The van der Waals surface area contributed by atoms with Gasteiger partial charge in [0.25, 0.3) is 6.48 Å². The molecular formula is C10H13FN4O4. The van der Waals surface area contributed by atoms with Crippen LogP contribution in [0.1, 0.15) is 6.48 Å². The molecule has 0 aliphatic carbocycles. The third-order valence-electron chi connectivity index (χ3n) is 2.39. The van der Waals surface area contributed by atoms with Gasteiger partial charge in [-0.3, -0.25) is 9.30 Å². The fourth-order valence-corrected chi connectivity index (χ4v) is 1.58. The summed E-state index contributed by atoms with van der Waals surface area (Å²) in [6.07, 6.45) is -0.288. The normalized spacial score (nSPS) is 14.5. The third kappa shape index (κ3) is 2.57. The van der Waals surface area contributed by atoms with Gasteiger partial charge in [0.1, 0.15) is 0 Å². The van der Waals surface area contributed by atoms with Gasteiger partial charge in [-0.05, 0) is 6.07 Å². The number of aliphatic hydroxyl groups is 2. The number of nitrogens with two attached hydrogens (primary N) is 1. The molecule has 2 aromatic rings. The number of halogens is 1. The SMILES string of the molecule is COc1nc(N)nc2c1ccn2C(F)OC(O)CO. The molecule has 0 amide bonds. The molecule has 4 N–H and O–H groups in total. The average molecular weight is 272 g/mol. The van der Waals surface area contributed by atoms with Crippen molar-refractivity contribution in [2.24, 2.45) is 0 Å². The first-order chi connectivity index (χ1) is 9.06. The lowest BCUT2D eigenvalue weighted by atomic mass is 10.4. The maximum absolute atomic E-state index is 13.8. The summed E-state index contributed by atoms with van der Waals surface area (Å²) in [4.78, 5) is 7.73. The van der Waals surface area contributed by atoms with Gasteiger partial charge in [0.2, 0.25) is 11.8 Å². The number of nitrogen functional groups attached to an aromatic ring is 1. The van der Waals surface area contributed by atoms with E-state index in [9.17, 15) is 4.39 Å². The number of hydrogen-bond acceptors (Lipinski definition) is 7. The molecule has 0 saturated heterocycles. The molecule has 0 aliphatic rings. The smallest absolute Gasteiger partial charge is 0.286 e. The molecule has 2 atom stereocenters. The summed E-state index contributed by atoms with van der Waals surface area (Å²) in [6, 6.07) is 1.52. The van der Waals surface area contributed by atoms with Crippen LogP contribution in [-0.4, -0.2) is 44.8 Å². The first-order valence-electron chi connectivity index (χ1n) is 5.33. The van der Waals surface area contributed by atoms with Gasteiger partial charge in [-0.1, -0.05) is 0 Å². The summed E-state index contributed by atoms with van der Waals surface area (Å²) in [5.74, 6) is 0.121. The highest BCUT2D eigenvalue weighted by Gasteiger charge is 2.19. The summed E-state index contributed by atoms with van der Waals surface area (Å²) in [5.41, 5.74) is 5.64. The predicted octanol–water partition coefficient (Wildman–Crippen LogP) is -0.225. The van der Waals surface area contributed by atoms with E-state index in [1.54, 1.807) is 0 Å². The minimum absolute atomic E-state index is 0.0841. The van der Waals surface area contributed by atoms with Crippen LogP contribution in [0, 0.1) is 0 Å². The Morgan fingerprint density at radius 3 is 2.89 bits per heavy atom. The fraction of sp³-hybridized carbons (Fsp3) is 0.400. The van der Waals surface area contributed by atoms with E-state index in [0.29, 0.717) is 5.39 Å². The molecule has 2 heterocycles. The molecule has 0 radical (unpaired) electrons. The van der Waals surface area contributed by atoms with E-state index in [-0.39, 0.29) is 17.5 Å². The van der Waals surface area contributed by atoms with Gasteiger partial charge < -0.3 is 20.7 Å². The van der Waals surface area contributed by atoms with Crippen molar-refractivity contribution in [3.63, 3.8) is 0 Å². The number of hydrogen-bond donors (Lipinski definition) is 3. The zero-order valence-electron chi connectivity index (χ0n) is 10.0. The first kappa shape index (κ1) is 13.5. The Balaban J connectivity index is 2.42. The van der Waals surface area contributed by atoms with E-state index in [1.807, 2.05) is 0 Å². The molecule has 0 saturated carbocycles. The molecular weight excluding hydrogens is 259 g/mol. The molecule has 8 nitrogen and oxygen atoms in total. The lowest BCUT2D eigenvalue weighted by Crippen LogP contribution is -2.21. The van der Waals surface area contributed by atoms with Gasteiger partial charge in [0, 0.05) is 6.20 Å². The van der Waals surface area contributed by atoms with Crippen LogP contribution in [-0.2, 0) is 4.74 Å². The molecule has 0 bridgehead atoms. The average Bonchev–Trinajstić information content (AvgIpc) is 2.81. The Morgan fingerprint density at radius 1 is 1.53 bits per heavy atom. The highest BCUT2D eigenvalue weighted by Crippen LogP contribution is 2.27. The molecule has 19 heavy (non-hydrogen) atoms. The van der Waals surface area contributed by atoms with Crippen LogP contribution in [0.25, 0.3) is 11.0 Å². The molecule has 0 aliphatic heterocycles.